The number of methoxy groups -OCH3 is 1. The molecule has 4 rings (SSSR count). The highest BCUT2D eigenvalue weighted by Crippen LogP contribution is 2.20. The highest BCUT2D eigenvalue weighted by Gasteiger charge is 2.16. The second-order valence-corrected chi connectivity index (χ2v) is 7.30. The van der Waals surface area contributed by atoms with Crippen LogP contribution in [-0.2, 0) is 6.42 Å². The molecule has 0 aliphatic heterocycles. The molecule has 3 aromatic heterocycles. The Morgan fingerprint density at radius 3 is 2.78 bits per heavy atom. The highest BCUT2D eigenvalue weighted by atomic mass is 16.5. The zero-order valence-corrected chi connectivity index (χ0v) is 18.1. The van der Waals surface area contributed by atoms with Crippen molar-refractivity contribution in [1.82, 2.24) is 30.0 Å². The van der Waals surface area contributed by atoms with Gasteiger partial charge in [-0.05, 0) is 43.2 Å². The number of rotatable bonds is 8. The van der Waals surface area contributed by atoms with E-state index in [0.717, 1.165) is 29.7 Å². The topological polar surface area (TPSA) is 108 Å². The number of aromatic nitrogens is 5. The first-order valence-corrected chi connectivity index (χ1v) is 10.4. The van der Waals surface area contributed by atoms with Crippen LogP contribution in [0.2, 0.25) is 0 Å². The maximum Gasteiger partial charge on any atom is 0.271 e. The first kappa shape index (κ1) is 21.2. The molecule has 0 bridgehead atoms. The fourth-order valence-corrected chi connectivity index (χ4v) is 3.20. The number of hydrogen-bond donors (Lipinski definition) is 1. The lowest BCUT2D eigenvalue weighted by atomic mass is 10.1. The molecule has 0 unspecified atom stereocenters. The summed E-state index contributed by atoms with van der Waals surface area (Å²) in [6.07, 6.45) is 6.54. The number of nitrogens with one attached hydrogen (secondary N) is 1. The van der Waals surface area contributed by atoms with Crippen LogP contribution in [0.1, 0.15) is 48.2 Å². The van der Waals surface area contributed by atoms with Crippen molar-refractivity contribution < 1.29 is 14.1 Å². The third kappa shape index (κ3) is 4.66. The Morgan fingerprint density at radius 2 is 2.03 bits per heavy atom. The van der Waals surface area contributed by atoms with Gasteiger partial charge in [0, 0.05) is 24.4 Å². The Morgan fingerprint density at radius 1 is 1.22 bits per heavy atom. The summed E-state index contributed by atoms with van der Waals surface area (Å²) in [5, 5.41) is 6.95. The lowest BCUT2D eigenvalue weighted by Gasteiger charge is -2.13. The number of ether oxygens (including phenoxy) is 1. The molecule has 32 heavy (non-hydrogen) atoms. The van der Waals surface area contributed by atoms with E-state index in [0.29, 0.717) is 23.2 Å². The summed E-state index contributed by atoms with van der Waals surface area (Å²) in [5.74, 6) is 2.19. The number of amides is 1. The number of carbonyl (C=O) groups excluding carboxylic acids is 1. The molecule has 1 aromatic carbocycles. The van der Waals surface area contributed by atoms with Crippen molar-refractivity contribution in [3.63, 3.8) is 0 Å². The van der Waals surface area contributed by atoms with Crippen molar-refractivity contribution in [3.8, 4) is 23.0 Å². The second kappa shape index (κ2) is 9.42. The van der Waals surface area contributed by atoms with E-state index in [9.17, 15) is 4.79 Å². The van der Waals surface area contributed by atoms with Crippen LogP contribution in [0.3, 0.4) is 0 Å². The number of aryl methyl sites for hydroxylation is 1. The minimum absolute atomic E-state index is 0.185. The van der Waals surface area contributed by atoms with Gasteiger partial charge in [0.1, 0.15) is 23.6 Å². The molecule has 1 N–H and O–H groups in total. The van der Waals surface area contributed by atoms with Gasteiger partial charge in [-0.15, -0.1) is 0 Å². The number of nitrogens with zero attached hydrogens (tertiary/aromatic N) is 5. The van der Waals surface area contributed by atoms with Gasteiger partial charge in [-0.25, -0.2) is 9.97 Å². The summed E-state index contributed by atoms with van der Waals surface area (Å²) in [5.41, 5.74) is 2.01. The predicted octanol–water partition coefficient (Wildman–Crippen LogP) is 3.77. The van der Waals surface area contributed by atoms with Crippen molar-refractivity contribution in [1.29, 1.82) is 0 Å². The van der Waals surface area contributed by atoms with Gasteiger partial charge in [0.2, 0.25) is 0 Å². The minimum Gasteiger partial charge on any atom is -0.497 e. The number of benzene rings is 1. The van der Waals surface area contributed by atoms with Crippen LogP contribution >= 0.6 is 0 Å². The normalized spacial score (nSPS) is 11.8. The zero-order chi connectivity index (χ0) is 22.5. The van der Waals surface area contributed by atoms with Gasteiger partial charge in [0.15, 0.2) is 5.82 Å². The van der Waals surface area contributed by atoms with E-state index in [1.54, 1.807) is 36.5 Å². The fraction of sp³-hybridized carbons (Fsp3) is 0.261. The van der Waals surface area contributed by atoms with Gasteiger partial charge in [0.05, 0.1) is 13.2 Å². The van der Waals surface area contributed by atoms with Crippen molar-refractivity contribution in [2.45, 2.75) is 32.7 Å². The summed E-state index contributed by atoms with van der Waals surface area (Å²) in [6.45, 7) is 3.98. The minimum atomic E-state index is -0.274. The molecule has 0 saturated heterocycles. The molecule has 0 spiro atoms. The number of carbonyl (C=O) groups is 1. The summed E-state index contributed by atoms with van der Waals surface area (Å²) >= 11 is 0. The zero-order valence-electron chi connectivity index (χ0n) is 18.1. The average molecular weight is 432 g/mol. The molecular formula is C23H24N6O3. The summed E-state index contributed by atoms with van der Waals surface area (Å²) in [6, 6.07) is 11.0. The third-order valence-electron chi connectivity index (χ3n) is 4.98. The molecule has 1 atom stereocenters. The predicted molar refractivity (Wildman–Crippen MR) is 118 cm³/mol. The highest BCUT2D eigenvalue weighted by molar-refractivity contribution is 5.92. The van der Waals surface area contributed by atoms with E-state index >= 15 is 0 Å². The summed E-state index contributed by atoms with van der Waals surface area (Å²) in [7, 11) is 1.62. The molecular weight excluding hydrogens is 408 g/mol. The lowest BCUT2D eigenvalue weighted by molar-refractivity contribution is 0.0935. The Bertz CT molecular complexity index is 1200. The van der Waals surface area contributed by atoms with E-state index in [4.69, 9.17) is 9.26 Å². The first-order chi connectivity index (χ1) is 15.6. The van der Waals surface area contributed by atoms with Gasteiger partial charge in [-0.3, -0.25) is 9.36 Å². The van der Waals surface area contributed by atoms with Crippen LogP contribution in [-0.4, -0.2) is 37.7 Å². The van der Waals surface area contributed by atoms with E-state index in [1.165, 1.54) is 0 Å². The molecule has 9 nitrogen and oxygen atoms in total. The number of imidazole rings is 1. The molecule has 164 valence electrons. The smallest absolute Gasteiger partial charge is 0.271 e. The van der Waals surface area contributed by atoms with Crippen LogP contribution in [0.5, 0.6) is 5.75 Å². The monoisotopic (exact) mass is 432 g/mol. The van der Waals surface area contributed by atoms with Crippen LogP contribution in [0.4, 0.5) is 0 Å². The van der Waals surface area contributed by atoms with E-state index in [2.05, 4.69) is 32.3 Å². The van der Waals surface area contributed by atoms with E-state index < -0.39 is 0 Å². The van der Waals surface area contributed by atoms with Crippen molar-refractivity contribution in [2.24, 2.45) is 0 Å². The molecule has 3 heterocycles. The maximum absolute atomic E-state index is 12.7. The van der Waals surface area contributed by atoms with Gasteiger partial charge in [0.25, 0.3) is 11.8 Å². The van der Waals surface area contributed by atoms with E-state index in [1.807, 2.05) is 37.3 Å². The Hall–Kier alpha value is -4.01. The second-order valence-electron chi connectivity index (χ2n) is 7.30. The number of pyridine rings is 1. The average Bonchev–Trinajstić information content (AvgIpc) is 3.50. The fourth-order valence-electron chi connectivity index (χ4n) is 3.20. The molecule has 0 saturated carbocycles. The van der Waals surface area contributed by atoms with Crippen LogP contribution in [0, 0.1) is 0 Å². The molecule has 0 fully saturated rings. The SMILES string of the molecule is CCCc1noc(-c2ccnc(-n3cnc(C(=O)N[C@@H](C)c4ccc(OC)cc4)c3)c2)n1. The lowest BCUT2D eigenvalue weighted by Crippen LogP contribution is -2.26. The summed E-state index contributed by atoms with van der Waals surface area (Å²) in [4.78, 5) is 25.7. The Labute approximate surface area is 185 Å². The van der Waals surface area contributed by atoms with Gasteiger partial charge in [-0.1, -0.05) is 24.2 Å². The third-order valence-corrected chi connectivity index (χ3v) is 4.98. The van der Waals surface area contributed by atoms with E-state index in [-0.39, 0.29) is 11.9 Å². The molecule has 4 aromatic rings. The molecule has 1 amide bonds. The van der Waals surface area contributed by atoms with Gasteiger partial charge < -0.3 is 14.6 Å². The molecule has 0 aliphatic carbocycles. The van der Waals surface area contributed by atoms with Crippen molar-refractivity contribution >= 4 is 5.91 Å². The maximum atomic E-state index is 12.7. The largest absolute Gasteiger partial charge is 0.497 e. The Kier molecular flexibility index (Phi) is 6.25. The quantitative estimate of drug-likeness (QED) is 0.451. The number of hydrogen-bond acceptors (Lipinski definition) is 7. The molecule has 0 aliphatic rings. The molecule has 9 heteroatoms. The van der Waals surface area contributed by atoms with Crippen LogP contribution < -0.4 is 10.1 Å². The van der Waals surface area contributed by atoms with Crippen molar-refractivity contribution in [3.05, 3.63) is 72.2 Å². The first-order valence-electron chi connectivity index (χ1n) is 10.4. The van der Waals surface area contributed by atoms with Crippen LogP contribution in [0.15, 0.2) is 59.6 Å². The van der Waals surface area contributed by atoms with Gasteiger partial charge >= 0.3 is 0 Å². The van der Waals surface area contributed by atoms with Crippen molar-refractivity contribution in [2.75, 3.05) is 7.11 Å². The Balaban J connectivity index is 1.47. The summed E-state index contributed by atoms with van der Waals surface area (Å²) < 4.78 is 12.2. The standard InChI is InChI=1S/C23H24N6O3/c1-4-5-20-27-23(32-28-20)17-10-11-24-21(12-17)29-13-19(25-14-29)22(30)26-15(2)16-6-8-18(31-3)9-7-16/h6-15H,4-5H2,1-3H3,(H,26,30)/t15-/m0/s1. The van der Waals surface area contributed by atoms with Gasteiger partial charge in [-0.2, -0.15) is 4.98 Å². The van der Waals surface area contributed by atoms with Crippen LogP contribution in [0.25, 0.3) is 17.3 Å². The molecule has 0 radical (unpaired) electrons.